The first-order chi connectivity index (χ1) is 8.15. The van der Waals surface area contributed by atoms with Crippen molar-refractivity contribution in [2.75, 3.05) is 0 Å². The van der Waals surface area contributed by atoms with Gasteiger partial charge in [0.05, 0.1) is 11.1 Å². The molecular formula is C10H7N5O2. The summed E-state index contributed by atoms with van der Waals surface area (Å²) in [5.41, 5.74) is 14.0. The first kappa shape index (κ1) is 10.7. The van der Waals surface area contributed by atoms with Gasteiger partial charge in [-0.1, -0.05) is 18.2 Å². The van der Waals surface area contributed by atoms with E-state index in [1.807, 2.05) is 0 Å². The van der Waals surface area contributed by atoms with Crippen molar-refractivity contribution in [1.29, 1.82) is 0 Å². The Balaban J connectivity index is 2.77. The zero-order valence-electron chi connectivity index (χ0n) is 8.57. The van der Waals surface area contributed by atoms with Gasteiger partial charge in [0.25, 0.3) is 5.91 Å². The number of fused-ring (bicyclic) bond motifs is 1. The van der Waals surface area contributed by atoms with Crippen LogP contribution < -0.4 is 5.73 Å². The van der Waals surface area contributed by atoms with E-state index in [2.05, 4.69) is 10.0 Å². The first-order valence-corrected chi connectivity index (χ1v) is 4.64. The van der Waals surface area contributed by atoms with Crippen molar-refractivity contribution < 1.29 is 9.59 Å². The Morgan fingerprint density at radius 1 is 1.35 bits per heavy atom. The lowest BCUT2D eigenvalue weighted by molar-refractivity contribution is 0.100. The number of benzene rings is 1. The lowest BCUT2D eigenvalue weighted by Crippen LogP contribution is -2.18. The summed E-state index contributed by atoms with van der Waals surface area (Å²) in [6, 6.07) is 6.01. The molecule has 0 atom stereocenters. The van der Waals surface area contributed by atoms with E-state index in [1.165, 1.54) is 6.20 Å². The molecule has 1 aromatic heterocycles. The number of aromatic nitrogens is 1. The Labute approximate surface area is 95.1 Å². The fraction of sp³-hybridized carbons (Fsp3) is 0. The van der Waals surface area contributed by atoms with Crippen LogP contribution in [0.2, 0.25) is 0 Å². The molecule has 2 aromatic rings. The van der Waals surface area contributed by atoms with E-state index < -0.39 is 11.9 Å². The standard InChI is InChI=1S/C10H7N5O2/c11-10(17)15-5-7(9(16)13-14-12)6-3-1-2-4-8(6)15/h1-5H,(H2,11,17). The van der Waals surface area contributed by atoms with E-state index in [4.69, 9.17) is 11.3 Å². The summed E-state index contributed by atoms with van der Waals surface area (Å²) < 4.78 is 1.13. The third-order valence-electron chi connectivity index (χ3n) is 2.32. The van der Waals surface area contributed by atoms with Gasteiger partial charge in [-0.05, 0) is 16.7 Å². The van der Waals surface area contributed by atoms with Crippen LogP contribution in [-0.2, 0) is 0 Å². The molecule has 7 heteroatoms. The molecule has 0 spiro atoms. The summed E-state index contributed by atoms with van der Waals surface area (Å²) in [5.74, 6) is -0.747. The molecular weight excluding hydrogens is 222 g/mol. The second-order valence-corrected chi connectivity index (χ2v) is 3.26. The highest BCUT2D eigenvalue weighted by Gasteiger charge is 2.15. The van der Waals surface area contributed by atoms with Gasteiger partial charge in [-0.3, -0.25) is 9.36 Å². The number of amides is 2. The molecule has 0 unspecified atom stereocenters. The van der Waals surface area contributed by atoms with Gasteiger partial charge in [-0.2, -0.15) is 0 Å². The summed E-state index contributed by atoms with van der Waals surface area (Å²) in [6.45, 7) is 0. The number of nitrogens with zero attached hydrogens (tertiary/aromatic N) is 4. The number of hydrogen-bond acceptors (Lipinski definition) is 2. The quantitative estimate of drug-likeness (QED) is 0.457. The van der Waals surface area contributed by atoms with E-state index in [0.29, 0.717) is 10.9 Å². The highest BCUT2D eigenvalue weighted by Crippen LogP contribution is 2.21. The van der Waals surface area contributed by atoms with E-state index in [9.17, 15) is 9.59 Å². The van der Waals surface area contributed by atoms with Crippen molar-refractivity contribution >= 4 is 22.8 Å². The molecule has 0 radical (unpaired) electrons. The molecule has 0 aliphatic rings. The normalized spacial score (nSPS) is 9.88. The molecule has 7 nitrogen and oxygen atoms in total. The van der Waals surface area contributed by atoms with Crippen LogP contribution in [0.4, 0.5) is 4.79 Å². The Kier molecular flexibility index (Phi) is 2.52. The summed E-state index contributed by atoms with van der Waals surface area (Å²) in [7, 11) is 0. The van der Waals surface area contributed by atoms with Gasteiger partial charge in [-0.25, -0.2) is 4.79 Å². The number of nitrogens with two attached hydrogens (primary N) is 1. The monoisotopic (exact) mass is 229 g/mol. The molecule has 0 saturated carbocycles. The molecule has 84 valence electrons. The lowest BCUT2D eigenvalue weighted by atomic mass is 10.2. The van der Waals surface area contributed by atoms with Crippen LogP contribution in [0.5, 0.6) is 0 Å². The zero-order chi connectivity index (χ0) is 12.4. The van der Waals surface area contributed by atoms with Gasteiger partial charge in [-0.15, -0.1) is 0 Å². The van der Waals surface area contributed by atoms with Gasteiger partial charge in [0.15, 0.2) is 0 Å². The minimum atomic E-state index is -0.747. The fourth-order valence-electron chi connectivity index (χ4n) is 1.63. The largest absolute Gasteiger partial charge is 0.351 e. The van der Waals surface area contributed by atoms with Crippen molar-refractivity contribution in [3.63, 3.8) is 0 Å². The molecule has 0 fully saturated rings. The van der Waals surface area contributed by atoms with Crippen LogP contribution in [-0.4, -0.2) is 16.5 Å². The number of hydrogen-bond donors (Lipinski definition) is 1. The Morgan fingerprint density at radius 2 is 2.06 bits per heavy atom. The molecule has 17 heavy (non-hydrogen) atoms. The van der Waals surface area contributed by atoms with E-state index in [1.54, 1.807) is 24.3 Å². The number of para-hydroxylation sites is 1. The third-order valence-corrected chi connectivity index (χ3v) is 2.32. The van der Waals surface area contributed by atoms with Crippen LogP contribution in [0.3, 0.4) is 0 Å². The van der Waals surface area contributed by atoms with Crippen LogP contribution in [0, 0.1) is 0 Å². The van der Waals surface area contributed by atoms with Crippen molar-refractivity contribution in [3.05, 3.63) is 46.5 Å². The smallest absolute Gasteiger partial charge is 0.323 e. The maximum absolute atomic E-state index is 11.5. The zero-order valence-corrected chi connectivity index (χ0v) is 8.57. The molecule has 0 saturated heterocycles. The lowest BCUT2D eigenvalue weighted by Gasteiger charge is -1.96. The molecule has 2 amide bonds. The van der Waals surface area contributed by atoms with Gasteiger partial charge in [0.1, 0.15) is 0 Å². The highest BCUT2D eigenvalue weighted by molar-refractivity contribution is 6.09. The number of rotatable bonds is 1. The molecule has 1 heterocycles. The van der Waals surface area contributed by atoms with Crippen LogP contribution in [0.25, 0.3) is 21.3 Å². The fourth-order valence-corrected chi connectivity index (χ4v) is 1.63. The average molecular weight is 229 g/mol. The molecule has 0 bridgehead atoms. The van der Waals surface area contributed by atoms with Crippen LogP contribution in [0.15, 0.2) is 35.6 Å². The summed E-state index contributed by atoms with van der Waals surface area (Å²) in [4.78, 5) is 25.1. The maximum Gasteiger partial charge on any atom is 0.323 e. The molecule has 1 aromatic carbocycles. The summed E-state index contributed by atoms with van der Waals surface area (Å²) in [5, 5.41) is 3.51. The van der Waals surface area contributed by atoms with Crippen molar-refractivity contribution in [1.82, 2.24) is 4.57 Å². The predicted molar refractivity (Wildman–Crippen MR) is 60.4 cm³/mol. The topological polar surface area (TPSA) is 114 Å². The minimum Gasteiger partial charge on any atom is -0.351 e. The molecule has 0 aliphatic heterocycles. The Bertz CT molecular complexity index is 666. The van der Waals surface area contributed by atoms with Crippen LogP contribution >= 0.6 is 0 Å². The first-order valence-electron chi connectivity index (χ1n) is 4.64. The molecule has 0 aliphatic carbocycles. The number of primary amides is 1. The Hall–Kier alpha value is -2.79. The van der Waals surface area contributed by atoms with E-state index in [-0.39, 0.29) is 5.56 Å². The van der Waals surface area contributed by atoms with Crippen molar-refractivity contribution in [2.24, 2.45) is 10.8 Å². The predicted octanol–water partition coefficient (Wildman–Crippen LogP) is 2.02. The molecule has 2 N–H and O–H groups in total. The average Bonchev–Trinajstić information content (AvgIpc) is 2.69. The van der Waals surface area contributed by atoms with E-state index in [0.717, 1.165) is 4.57 Å². The van der Waals surface area contributed by atoms with Crippen LogP contribution in [0.1, 0.15) is 10.4 Å². The van der Waals surface area contributed by atoms with Crippen molar-refractivity contribution in [3.8, 4) is 0 Å². The Morgan fingerprint density at radius 3 is 2.71 bits per heavy atom. The number of carbonyl (C=O) groups is 2. The summed E-state index contributed by atoms with van der Waals surface area (Å²) >= 11 is 0. The van der Waals surface area contributed by atoms with Crippen molar-refractivity contribution in [2.45, 2.75) is 0 Å². The van der Waals surface area contributed by atoms with Gasteiger partial charge in [0.2, 0.25) is 0 Å². The molecule has 2 rings (SSSR count). The van der Waals surface area contributed by atoms with E-state index >= 15 is 0 Å². The second kappa shape index (κ2) is 3.99. The van der Waals surface area contributed by atoms with Gasteiger partial charge >= 0.3 is 6.03 Å². The number of azide groups is 1. The van der Waals surface area contributed by atoms with Gasteiger partial charge in [0, 0.05) is 16.5 Å². The van der Waals surface area contributed by atoms with Gasteiger partial charge < -0.3 is 5.73 Å². The minimum absolute atomic E-state index is 0.150. The SMILES string of the molecule is [N-]=[N+]=NC(=O)c1cn(C(N)=O)c2ccccc12. The second-order valence-electron chi connectivity index (χ2n) is 3.26. The third kappa shape index (κ3) is 1.70. The summed E-state index contributed by atoms with van der Waals surface area (Å²) in [6.07, 6.45) is 1.27. The number of carbonyl (C=O) groups excluding carboxylic acids is 2. The maximum atomic E-state index is 11.5. The highest BCUT2D eigenvalue weighted by atomic mass is 16.2.